The topological polar surface area (TPSA) is 82.3 Å². The summed E-state index contributed by atoms with van der Waals surface area (Å²) >= 11 is 5.19. The predicted molar refractivity (Wildman–Crippen MR) is 122 cm³/mol. The molecule has 3 rings (SSSR count). The van der Waals surface area contributed by atoms with Crippen LogP contribution in [-0.4, -0.2) is 16.9 Å². The third-order valence-corrected chi connectivity index (χ3v) is 4.16. The zero-order valence-corrected chi connectivity index (χ0v) is 16.8. The highest BCUT2D eigenvalue weighted by Crippen LogP contribution is 2.07. The minimum absolute atomic E-state index is 0.0741. The van der Waals surface area contributed by atoms with Gasteiger partial charge in [-0.2, -0.15) is 0 Å². The molecule has 0 aromatic heterocycles. The first kappa shape index (κ1) is 20.8. The first-order valence-corrected chi connectivity index (χ1v) is 9.58. The van der Waals surface area contributed by atoms with E-state index >= 15 is 0 Å². The van der Waals surface area contributed by atoms with Crippen LogP contribution in [0.4, 0.5) is 5.69 Å². The molecule has 0 aliphatic heterocycles. The van der Waals surface area contributed by atoms with Gasteiger partial charge in [-0.25, -0.2) is 0 Å². The molecule has 6 nitrogen and oxygen atoms in total. The number of carbonyl (C=O) groups excluding carboxylic acids is 2. The lowest BCUT2D eigenvalue weighted by Gasteiger charge is -2.14. The molecular formula is C23H20N4O2S. The maximum Gasteiger partial charge on any atom is 0.286 e. The number of hydrazine groups is 1. The van der Waals surface area contributed by atoms with Crippen molar-refractivity contribution in [2.75, 3.05) is 5.32 Å². The molecular weight excluding hydrogens is 396 g/mol. The van der Waals surface area contributed by atoms with Gasteiger partial charge >= 0.3 is 0 Å². The van der Waals surface area contributed by atoms with E-state index in [4.69, 9.17) is 12.2 Å². The van der Waals surface area contributed by atoms with Crippen molar-refractivity contribution < 1.29 is 9.59 Å². The lowest BCUT2D eigenvalue weighted by molar-refractivity contribution is -0.118. The van der Waals surface area contributed by atoms with Crippen molar-refractivity contribution in [2.24, 2.45) is 0 Å². The van der Waals surface area contributed by atoms with E-state index in [1.54, 1.807) is 30.3 Å². The zero-order valence-electron chi connectivity index (χ0n) is 16.0. The second kappa shape index (κ2) is 10.5. The van der Waals surface area contributed by atoms with E-state index in [0.29, 0.717) is 5.56 Å². The molecule has 0 saturated carbocycles. The van der Waals surface area contributed by atoms with Crippen molar-refractivity contribution in [1.82, 2.24) is 16.2 Å². The number of benzene rings is 3. The maximum atomic E-state index is 12.7. The van der Waals surface area contributed by atoms with Crippen molar-refractivity contribution in [2.45, 2.75) is 0 Å². The van der Waals surface area contributed by atoms with Crippen LogP contribution in [-0.2, 0) is 4.79 Å². The molecule has 3 aromatic rings. The Morgan fingerprint density at radius 1 is 0.733 bits per heavy atom. The SMILES string of the molecule is O=C(NNC(=S)Nc1ccccc1)/C(=C\c1ccccc1)NC(=O)c1ccccc1. The molecule has 0 aliphatic carbocycles. The number of thiocarbonyl (C=S) groups is 1. The first-order chi connectivity index (χ1) is 14.6. The number of para-hydroxylation sites is 1. The maximum absolute atomic E-state index is 12.7. The predicted octanol–water partition coefficient (Wildman–Crippen LogP) is 3.48. The highest BCUT2D eigenvalue weighted by Gasteiger charge is 2.15. The van der Waals surface area contributed by atoms with Crippen molar-refractivity contribution in [1.29, 1.82) is 0 Å². The summed E-state index contributed by atoms with van der Waals surface area (Å²) in [6, 6.07) is 27.2. The van der Waals surface area contributed by atoms with E-state index in [-0.39, 0.29) is 10.8 Å². The molecule has 0 atom stereocenters. The van der Waals surface area contributed by atoms with E-state index in [9.17, 15) is 9.59 Å². The van der Waals surface area contributed by atoms with Crippen LogP contribution >= 0.6 is 12.2 Å². The van der Waals surface area contributed by atoms with Gasteiger partial charge < -0.3 is 10.6 Å². The van der Waals surface area contributed by atoms with Crippen LogP contribution < -0.4 is 21.5 Å². The van der Waals surface area contributed by atoms with Gasteiger partial charge in [-0.15, -0.1) is 0 Å². The standard InChI is InChI=1S/C23H20N4O2S/c28-21(18-12-6-2-7-13-18)25-20(16-17-10-4-1-5-11-17)22(29)26-27-23(30)24-19-14-8-3-9-15-19/h1-16H,(H,25,28)(H,26,29)(H2,24,27,30)/b20-16+. The summed E-state index contributed by atoms with van der Waals surface area (Å²) in [5, 5.41) is 5.82. The Hall–Kier alpha value is -3.97. The molecule has 7 heteroatoms. The molecule has 0 heterocycles. The Labute approximate surface area is 180 Å². The van der Waals surface area contributed by atoms with Gasteiger partial charge in [0.1, 0.15) is 5.70 Å². The van der Waals surface area contributed by atoms with Crippen LogP contribution in [0.5, 0.6) is 0 Å². The summed E-state index contributed by atoms with van der Waals surface area (Å²) < 4.78 is 0. The largest absolute Gasteiger partial charge is 0.331 e. The zero-order chi connectivity index (χ0) is 21.2. The van der Waals surface area contributed by atoms with Gasteiger partial charge in [-0.05, 0) is 48.1 Å². The summed E-state index contributed by atoms with van der Waals surface area (Å²) in [5.41, 5.74) is 7.20. The monoisotopic (exact) mass is 416 g/mol. The summed E-state index contributed by atoms with van der Waals surface area (Å²) in [7, 11) is 0. The summed E-state index contributed by atoms with van der Waals surface area (Å²) in [6.45, 7) is 0. The number of carbonyl (C=O) groups is 2. The van der Waals surface area contributed by atoms with Gasteiger partial charge in [0.05, 0.1) is 0 Å². The highest BCUT2D eigenvalue weighted by molar-refractivity contribution is 7.80. The molecule has 2 amide bonds. The van der Waals surface area contributed by atoms with Crippen LogP contribution in [0, 0.1) is 0 Å². The van der Waals surface area contributed by atoms with Crippen LogP contribution in [0.1, 0.15) is 15.9 Å². The molecule has 0 unspecified atom stereocenters. The summed E-state index contributed by atoms with van der Waals surface area (Å²) in [4.78, 5) is 25.3. The normalized spacial score (nSPS) is 10.6. The van der Waals surface area contributed by atoms with Crippen LogP contribution in [0.3, 0.4) is 0 Å². The number of amides is 2. The summed E-state index contributed by atoms with van der Waals surface area (Å²) in [5.74, 6) is -0.932. The molecule has 0 aliphatic rings. The fourth-order valence-electron chi connectivity index (χ4n) is 2.52. The minimum atomic E-state index is -0.541. The van der Waals surface area contributed by atoms with E-state index < -0.39 is 11.8 Å². The molecule has 0 spiro atoms. The molecule has 0 saturated heterocycles. The molecule has 0 radical (unpaired) electrons. The number of hydrogen-bond acceptors (Lipinski definition) is 3. The van der Waals surface area contributed by atoms with E-state index in [1.165, 1.54) is 0 Å². The third kappa shape index (κ3) is 6.29. The number of anilines is 1. The first-order valence-electron chi connectivity index (χ1n) is 9.17. The molecule has 30 heavy (non-hydrogen) atoms. The Kier molecular flexibility index (Phi) is 7.29. The fraction of sp³-hybridized carbons (Fsp3) is 0. The molecule has 0 bridgehead atoms. The van der Waals surface area contributed by atoms with Crippen molar-refractivity contribution >= 4 is 40.9 Å². The van der Waals surface area contributed by atoms with E-state index in [0.717, 1.165) is 11.3 Å². The molecule has 0 fully saturated rings. The Morgan fingerprint density at radius 3 is 1.93 bits per heavy atom. The second-order valence-corrected chi connectivity index (χ2v) is 6.60. The van der Waals surface area contributed by atoms with Gasteiger partial charge in [0.15, 0.2) is 5.11 Å². The third-order valence-electron chi connectivity index (χ3n) is 3.96. The average Bonchev–Trinajstić information content (AvgIpc) is 2.79. The van der Waals surface area contributed by atoms with Crippen molar-refractivity contribution in [3.63, 3.8) is 0 Å². The van der Waals surface area contributed by atoms with Crippen LogP contribution in [0.2, 0.25) is 0 Å². The van der Waals surface area contributed by atoms with Crippen LogP contribution in [0.15, 0.2) is 96.7 Å². The van der Waals surface area contributed by atoms with Gasteiger partial charge in [-0.3, -0.25) is 20.4 Å². The number of hydrogen-bond donors (Lipinski definition) is 4. The Morgan fingerprint density at radius 2 is 1.30 bits per heavy atom. The van der Waals surface area contributed by atoms with Gasteiger partial charge in [-0.1, -0.05) is 66.7 Å². The minimum Gasteiger partial charge on any atom is -0.331 e. The average molecular weight is 417 g/mol. The van der Waals surface area contributed by atoms with Crippen LogP contribution in [0.25, 0.3) is 6.08 Å². The Bertz CT molecular complexity index is 1040. The van der Waals surface area contributed by atoms with Gasteiger partial charge in [0.25, 0.3) is 11.8 Å². The number of nitrogens with one attached hydrogen (secondary N) is 4. The van der Waals surface area contributed by atoms with E-state index in [1.807, 2.05) is 66.7 Å². The lowest BCUT2D eigenvalue weighted by atomic mass is 10.1. The van der Waals surface area contributed by atoms with Crippen molar-refractivity contribution in [3.8, 4) is 0 Å². The van der Waals surface area contributed by atoms with Crippen molar-refractivity contribution in [3.05, 3.63) is 108 Å². The smallest absolute Gasteiger partial charge is 0.286 e. The fourth-order valence-corrected chi connectivity index (χ4v) is 2.69. The molecule has 4 N–H and O–H groups in total. The molecule has 3 aromatic carbocycles. The quantitative estimate of drug-likeness (QED) is 0.291. The molecule has 150 valence electrons. The van der Waals surface area contributed by atoms with E-state index in [2.05, 4.69) is 21.5 Å². The van der Waals surface area contributed by atoms with Gasteiger partial charge in [0.2, 0.25) is 0 Å². The highest BCUT2D eigenvalue weighted by atomic mass is 32.1. The second-order valence-electron chi connectivity index (χ2n) is 6.19. The summed E-state index contributed by atoms with van der Waals surface area (Å²) in [6.07, 6.45) is 1.59. The van der Waals surface area contributed by atoms with Gasteiger partial charge in [0, 0.05) is 11.3 Å². The lowest BCUT2D eigenvalue weighted by Crippen LogP contribution is -2.46. The Balaban J connectivity index is 1.69. The number of rotatable bonds is 5.